The van der Waals surface area contributed by atoms with Crippen molar-refractivity contribution in [2.75, 3.05) is 11.4 Å². The number of hydrogen-bond donors (Lipinski definition) is 0. The lowest BCUT2D eigenvalue weighted by Gasteiger charge is -2.42. The fourth-order valence-corrected chi connectivity index (χ4v) is 15.0. The fraction of sp³-hybridized carbons (Fsp3) is 0.593. The lowest BCUT2D eigenvalue weighted by atomic mass is 9.96. The molecule has 0 bridgehead atoms. The summed E-state index contributed by atoms with van der Waals surface area (Å²) in [5.74, 6) is 0.281. The van der Waals surface area contributed by atoms with Gasteiger partial charge in [-0.15, -0.1) is 11.2 Å². The Kier molecular flexibility index (Phi) is 7.12. The minimum absolute atomic E-state index is 0.251. The van der Waals surface area contributed by atoms with Gasteiger partial charge < -0.3 is 4.74 Å². The molecule has 1 aliphatic rings. The van der Waals surface area contributed by atoms with Crippen molar-refractivity contribution in [2.24, 2.45) is 0 Å². The van der Waals surface area contributed by atoms with Gasteiger partial charge in [0.15, 0.2) is 0 Å². The third kappa shape index (κ3) is 4.48. The summed E-state index contributed by atoms with van der Waals surface area (Å²) in [7, 11) is -1.65. The Balaban J connectivity index is 2.10. The van der Waals surface area contributed by atoms with E-state index < -0.39 is 12.8 Å². The van der Waals surface area contributed by atoms with Crippen LogP contribution < -0.4 is 4.90 Å². The van der Waals surface area contributed by atoms with Crippen molar-refractivity contribution in [1.82, 2.24) is 0 Å². The molecule has 0 radical (unpaired) electrons. The maximum absolute atomic E-state index is 12.9. The molecule has 0 N–H and O–H groups in total. The zero-order valence-electron chi connectivity index (χ0n) is 21.6. The molecule has 0 spiro atoms. The van der Waals surface area contributed by atoms with Crippen LogP contribution in [0, 0.1) is 0 Å². The summed E-state index contributed by atoms with van der Waals surface area (Å²) in [6.45, 7) is 23.2. The van der Waals surface area contributed by atoms with Crippen molar-refractivity contribution in [2.45, 2.75) is 102 Å². The van der Waals surface area contributed by atoms with Gasteiger partial charge in [0.1, 0.15) is 12.8 Å². The number of hydrogen-bond acceptors (Lipinski definition) is 3. The number of carbonyl (C=O) groups excluding carboxylic acids is 1. The van der Waals surface area contributed by atoms with E-state index in [1.165, 1.54) is 21.2 Å². The van der Waals surface area contributed by atoms with Crippen LogP contribution in [0.15, 0.2) is 35.2 Å². The molecule has 1 heterocycles. The second kappa shape index (κ2) is 9.06. The quantitative estimate of drug-likeness (QED) is 0.407. The van der Waals surface area contributed by atoms with Crippen LogP contribution in [0.25, 0.3) is 10.8 Å². The SMILES string of the molecule is CC1CN(C(=O)OC(C)(C)C)c2ccc3c(S[Si](C(C)C)(C(C)C)C(C)C)cccc3c21. The van der Waals surface area contributed by atoms with Crippen LogP contribution in [0.3, 0.4) is 0 Å². The zero-order valence-corrected chi connectivity index (χ0v) is 23.4. The molecule has 3 nitrogen and oxygen atoms in total. The summed E-state index contributed by atoms with van der Waals surface area (Å²) < 4.78 is 5.70. The maximum Gasteiger partial charge on any atom is 0.414 e. The standard InChI is InChI=1S/C27H41NO2SSi/c1-17(2)32(18(3)4,19(5)6)31-24-13-11-12-22-21(24)14-15-23-25(22)20(7)16-28(23)26(29)30-27(8,9)10/h11-15,17-20H,16H2,1-10H3. The van der Waals surface area contributed by atoms with Crippen molar-refractivity contribution in [3.05, 3.63) is 35.9 Å². The van der Waals surface area contributed by atoms with E-state index in [1.807, 2.05) is 25.7 Å². The minimum atomic E-state index is -1.65. The molecule has 0 aromatic heterocycles. The van der Waals surface area contributed by atoms with Crippen LogP contribution in [-0.2, 0) is 4.74 Å². The van der Waals surface area contributed by atoms with Gasteiger partial charge in [0, 0.05) is 17.4 Å². The van der Waals surface area contributed by atoms with E-state index in [1.54, 1.807) is 0 Å². The number of amides is 1. The first-order valence-electron chi connectivity index (χ1n) is 12.0. The van der Waals surface area contributed by atoms with Crippen molar-refractivity contribution < 1.29 is 9.53 Å². The van der Waals surface area contributed by atoms with Gasteiger partial charge >= 0.3 is 6.09 Å². The van der Waals surface area contributed by atoms with Gasteiger partial charge in [0.05, 0.1) is 5.69 Å². The van der Waals surface area contributed by atoms with E-state index in [9.17, 15) is 4.79 Å². The van der Waals surface area contributed by atoms with E-state index >= 15 is 0 Å². The molecule has 1 unspecified atom stereocenters. The van der Waals surface area contributed by atoms with Crippen LogP contribution >= 0.6 is 11.2 Å². The first-order valence-corrected chi connectivity index (χ1v) is 15.8. The van der Waals surface area contributed by atoms with Gasteiger partial charge in [-0.25, -0.2) is 4.79 Å². The normalized spacial score (nSPS) is 17.0. The van der Waals surface area contributed by atoms with Gasteiger partial charge in [-0.2, -0.15) is 0 Å². The van der Waals surface area contributed by atoms with Crippen molar-refractivity contribution in [3.8, 4) is 0 Å². The summed E-state index contributed by atoms with van der Waals surface area (Å²) in [6.07, 6.45) is -0.251. The van der Waals surface area contributed by atoms with Gasteiger partial charge in [0.25, 0.3) is 0 Å². The highest BCUT2D eigenvalue weighted by atomic mass is 32.4. The number of ether oxygens (including phenoxy) is 1. The van der Waals surface area contributed by atoms with Gasteiger partial charge in [-0.1, -0.05) is 66.7 Å². The number of fused-ring (bicyclic) bond motifs is 3. The minimum Gasteiger partial charge on any atom is -0.443 e. The van der Waals surface area contributed by atoms with Gasteiger partial charge in [-0.05, 0) is 65.9 Å². The molecule has 0 aliphatic carbocycles. The Hall–Kier alpha value is -1.46. The van der Waals surface area contributed by atoms with Crippen LogP contribution in [-0.4, -0.2) is 25.5 Å². The second-order valence-corrected chi connectivity index (χ2v) is 19.8. The first-order chi connectivity index (χ1) is 14.8. The summed E-state index contributed by atoms with van der Waals surface area (Å²) in [4.78, 5) is 16.1. The third-order valence-corrected chi connectivity index (χ3v) is 19.2. The Bertz CT molecular complexity index is 971. The van der Waals surface area contributed by atoms with E-state index in [0.717, 1.165) is 5.69 Å². The average Bonchev–Trinajstić information content (AvgIpc) is 3.01. The largest absolute Gasteiger partial charge is 0.443 e. The third-order valence-electron chi connectivity index (χ3n) is 6.89. The molecule has 0 saturated carbocycles. The van der Waals surface area contributed by atoms with Crippen LogP contribution in [0.1, 0.15) is 80.7 Å². The van der Waals surface area contributed by atoms with E-state index in [2.05, 4.69) is 90.0 Å². The van der Waals surface area contributed by atoms with E-state index in [0.29, 0.717) is 23.2 Å². The highest BCUT2D eigenvalue weighted by Crippen LogP contribution is 2.54. The molecule has 1 amide bonds. The molecule has 32 heavy (non-hydrogen) atoms. The number of benzene rings is 2. The second-order valence-electron chi connectivity index (χ2n) is 11.3. The Morgan fingerprint density at radius 2 is 1.59 bits per heavy atom. The van der Waals surface area contributed by atoms with Gasteiger partial charge in [-0.3, -0.25) is 4.90 Å². The highest BCUT2D eigenvalue weighted by Gasteiger charge is 2.44. The van der Waals surface area contributed by atoms with Crippen LogP contribution in [0.5, 0.6) is 0 Å². The lowest BCUT2D eigenvalue weighted by molar-refractivity contribution is 0.0582. The molecular formula is C27H41NO2SSi. The van der Waals surface area contributed by atoms with Crippen LogP contribution in [0.4, 0.5) is 10.5 Å². The van der Waals surface area contributed by atoms with Crippen LogP contribution in [0.2, 0.25) is 16.6 Å². The van der Waals surface area contributed by atoms with E-state index in [-0.39, 0.29) is 12.0 Å². The predicted molar refractivity (Wildman–Crippen MR) is 143 cm³/mol. The maximum atomic E-state index is 12.9. The average molecular weight is 472 g/mol. The molecule has 2 aromatic carbocycles. The molecule has 0 saturated heterocycles. The summed E-state index contributed by atoms with van der Waals surface area (Å²) >= 11 is 2.19. The molecule has 5 heteroatoms. The molecule has 3 rings (SSSR count). The Morgan fingerprint density at radius 1 is 1.00 bits per heavy atom. The van der Waals surface area contributed by atoms with Crippen molar-refractivity contribution >= 4 is 41.0 Å². The molecular weight excluding hydrogens is 430 g/mol. The van der Waals surface area contributed by atoms with Crippen molar-refractivity contribution in [3.63, 3.8) is 0 Å². The monoisotopic (exact) mass is 471 g/mol. The topological polar surface area (TPSA) is 29.5 Å². The molecule has 176 valence electrons. The molecule has 1 aliphatic heterocycles. The summed E-state index contributed by atoms with van der Waals surface area (Å²) in [6, 6.07) is 11.1. The molecule has 2 aromatic rings. The number of rotatable bonds is 5. The lowest BCUT2D eigenvalue weighted by Crippen LogP contribution is -2.41. The van der Waals surface area contributed by atoms with Gasteiger partial charge in [0.2, 0.25) is 0 Å². The Morgan fingerprint density at radius 3 is 2.12 bits per heavy atom. The first kappa shape index (κ1) is 25.2. The van der Waals surface area contributed by atoms with Crippen molar-refractivity contribution in [1.29, 1.82) is 0 Å². The highest BCUT2D eigenvalue weighted by molar-refractivity contribution is 8.29. The van der Waals surface area contributed by atoms with E-state index in [4.69, 9.17) is 4.74 Å². The summed E-state index contributed by atoms with van der Waals surface area (Å²) in [5.41, 5.74) is 3.86. The Labute approximate surface area is 199 Å². The fourth-order valence-electron chi connectivity index (χ4n) is 5.68. The predicted octanol–water partition coefficient (Wildman–Crippen LogP) is 8.97. The summed E-state index contributed by atoms with van der Waals surface area (Å²) in [5, 5.41) is 2.61. The molecule has 0 fully saturated rings. The number of nitrogens with zero attached hydrogens (tertiary/aromatic N) is 1. The zero-order chi connectivity index (χ0) is 24.0. The number of anilines is 1. The molecule has 1 atom stereocenters. The smallest absolute Gasteiger partial charge is 0.414 e. The number of carbonyl (C=O) groups is 1.